The summed E-state index contributed by atoms with van der Waals surface area (Å²) in [6.45, 7) is 41.1. The number of rotatable bonds is 3. The van der Waals surface area contributed by atoms with Crippen molar-refractivity contribution in [2.45, 2.75) is 194 Å². The minimum absolute atomic E-state index is 0.0152. The van der Waals surface area contributed by atoms with E-state index in [-0.39, 0.29) is 44.6 Å². The summed E-state index contributed by atoms with van der Waals surface area (Å²) in [4.78, 5) is 5.36. The van der Waals surface area contributed by atoms with Gasteiger partial charge < -0.3 is 14.2 Å². The molecular weight excluding hydrogens is 872 g/mol. The molecule has 12 rings (SSSR count). The van der Waals surface area contributed by atoms with Crippen molar-refractivity contribution in [1.82, 2.24) is 0 Å². The van der Waals surface area contributed by atoms with Crippen LogP contribution in [0.5, 0.6) is 0 Å². The van der Waals surface area contributed by atoms with Gasteiger partial charge in [0.2, 0.25) is 0 Å². The molecule has 0 radical (unpaired) electrons. The highest BCUT2D eigenvalue weighted by atomic mass is 16.3. The molecule has 7 aromatic rings. The molecule has 72 heavy (non-hydrogen) atoms. The molecule has 3 heterocycles. The molecule has 0 unspecified atom stereocenters. The molecule has 0 saturated heterocycles. The molecule has 3 aliphatic carbocycles. The predicted octanol–water partition coefficient (Wildman–Crippen LogP) is 17.1. The largest absolute Gasteiger partial charge is 0.468 e. The maximum absolute atomic E-state index is 7.70. The van der Waals surface area contributed by atoms with Crippen LogP contribution in [-0.4, -0.2) is 6.71 Å². The van der Waals surface area contributed by atoms with E-state index in [1.54, 1.807) is 0 Å². The van der Waals surface area contributed by atoms with E-state index < -0.39 is 0 Å². The van der Waals surface area contributed by atoms with E-state index in [2.05, 4.69) is 225 Å². The van der Waals surface area contributed by atoms with Crippen molar-refractivity contribution >= 4 is 68.4 Å². The van der Waals surface area contributed by atoms with Crippen molar-refractivity contribution in [3.63, 3.8) is 0 Å². The van der Waals surface area contributed by atoms with Crippen LogP contribution >= 0.6 is 0 Å². The number of hydrogen-bond acceptors (Lipinski definition) is 3. The molecule has 3 nitrogen and oxygen atoms in total. The predicted molar refractivity (Wildman–Crippen MR) is 310 cm³/mol. The van der Waals surface area contributed by atoms with E-state index in [0.717, 1.165) is 36.9 Å². The first kappa shape index (κ1) is 47.5. The standard InChI is InChI=1S/C68H79BN2O/c1-40-32-56-59-57(33-40)71(54-38-51-49(65(10,11)28-30-67(51,14)15)36-45(54)44-21-19-18-20-41(44)2)55-34-42(62(3,4)5)22-25-53(55)69(59)61-60(46-37-50-52(39-58(46)72-61)68(16,17)31-29-66(50,12)13)70(56)43-23-24-47-48(35-43)64(8,9)27-26-63(47,6)7/h18-25,32-39H,26-31H2,1-17H3. The summed E-state index contributed by atoms with van der Waals surface area (Å²) < 4.78 is 7.70. The Morgan fingerprint density at radius 2 is 1.00 bits per heavy atom. The number of nitrogens with zero attached hydrogens (tertiary/aromatic N) is 2. The number of fused-ring (bicyclic) bond motifs is 9. The summed E-state index contributed by atoms with van der Waals surface area (Å²) >= 11 is 0. The molecule has 0 spiro atoms. The van der Waals surface area contributed by atoms with E-state index in [1.807, 2.05) is 0 Å². The lowest BCUT2D eigenvalue weighted by Gasteiger charge is -2.46. The molecule has 0 N–H and O–H groups in total. The van der Waals surface area contributed by atoms with E-state index >= 15 is 0 Å². The van der Waals surface area contributed by atoms with E-state index in [4.69, 9.17) is 4.42 Å². The first-order valence-corrected chi connectivity index (χ1v) is 27.5. The summed E-state index contributed by atoms with van der Waals surface area (Å²) in [6.07, 6.45) is 6.98. The summed E-state index contributed by atoms with van der Waals surface area (Å²) in [5.74, 6) is 0. The molecule has 6 aromatic carbocycles. The molecule has 0 amide bonds. The second kappa shape index (κ2) is 15.1. The van der Waals surface area contributed by atoms with Gasteiger partial charge in [-0.15, -0.1) is 0 Å². The Morgan fingerprint density at radius 3 is 1.60 bits per heavy atom. The number of furan rings is 1. The van der Waals surface area contributed by atoms with Gasteiger partial charge >= 0.3 is 0 Å². The third-order valence-electron chi connectivity index (χ3n) is 19.4. The van der Waals surface area contributed by atoms with Gasteiger partial charge in [0.15, 0.2) is 0 Å². The Balaban J connectivity index is 1.23. The van der Waals surface area contributed by atoms with Crippen molar-refractivity contribution in [3.05, 3.63) is 147 Å². The first-order valence-electron chi connectivity index (χ1n) is 27.5. The lowest BCUT2D eigenvalue weighted by Crippen LogP contribution is -2.61. The zero-order valence-electron chi connectivity index (χ0n) is 46.9. The highest BCUT2D eigenvalue weighted by Gasteiger charge is 2.50. The van der Waals surface area contributed by atoms with Gasteiger partial charge in [-0.1, -0.05) is 146 Å². The van der Waals surface area contributed by atoms with E-state index in [9.17, 15) is 0 Å². The van der Waals surface area contributed by atoms with Crippen LogP contribution in [0, 0.1) is 13.8 Å². The highest BCUT2D eigenvalue weighted by molar-refractivity contribution is 7.00. The zero-order chi connectivity index (χ0) is 51.2. The van der Waals surface area contributed by atoms with Crippen LogP contribution < -0.4 is 26.4 Å². The van der Waals surface area contributed by atoms with Gasteiger partial charge in [-0.2, -0.15) is 0 Å². The zero-order valence-corrected chi connectivity index (χ0v) is 46.9. The van der Waals surface area contributed by atoms with Crippen molar-refractivity contribution in [2.75, 3.05) is 9.80 Å². The van der Waals surface area contributed by atoms with Gasteiger partial charge in [0.05, 0.1) is 17.0 Å². The Hall–Kier alpha value is -5.48. The normalized spacial score (nSPS) is 20.3. The monoisotopic (exact) mass is 951 g/mol. The fraction of sp³-hybridized carbons (Fsp3) is 0.441. The van der Waals surface area contributed by atoms with Crippen LogP contribution in [0.15, 0.2) is 101 Å². The molecule has 4 heteroatoms. The lowest BCUT2D eigenvalue weighted by atomic mass is 9.35. The van der Waals surface area contributed by atoms with Gasteiger partial charge in [0.25, 0.3) is 6.71 Å². The second-order valence-electron chi connectivity index (χ2n) is 28.3. The minimum Gasteiger partial charge on any atom is -0.468 e. The van der Waals surface area contributed by atoms with Gasteiger partial charge in [0, 0.05) is 33.7 Å². The molecule has 2 aliphatic heterocycles. The molecule has 5 aliphatic rings. The van der Waals surface area contributed by atoms with Crippen molar-refractivity contribution in [1.29, 1.82) is 0 Å². The summed E-state index contributed by atoms with van der Waals surface area (Å²) in [6, 6.07) is 39.3. The number of aryl methyl sites for hydroxylation is 2. The third kappa shape index (κ3) is 6.88. The Kier molecular flexibility index (Phi) is 9.95. The molecular formula is C68H79BN2O. The Labute approximate surface area is 432 Å². The molecule has 0 bridgehead atoms. The van der Waals surface area contributed by atoms with E-state index in [1.165, 1.54) is 124 Å². The maximum Gasteiger partial charge on any atom is 0.297 e. The molecule has 370 valence electrons. The summed E-state index contributed by atoms with van der Waals surface area (Å²) in [5.41, 5.74) is 27.6. The minimum atomic E-state index is -0.129. The van der Waals surface area contributed by atoms with Crippen LogP contribution in [0.25, 0.3) is 22.1 Å². The van der Waals surface area contributed by atoms with E-state index in [0.29, 0.717) is 0 Å². The number of benzene rings is 6. The Morgan fingerprint density at radius 1 is 0.472 bits per heavy atom. The number of anilines is 6. The Bertz CT molecular complexity index is 3450. The van der Waals surface area contributed by atoms with Crippen LogP contribution in [0.1, 0.15) is 192 Å². The molecule has 1 aromatic heterocycles. The van der Waals surface area contributed by atoms with Gasteiger partial charge in [0.1, 0.15) is 5.58 Å². The first-order chi connectivity index (χ1) is 33.6. The van der Waals surface area contributed by atoms with Crippen LogP contribution in [0.2, 0.25) is 0 Å². The highest BCUT2D eigenvalue weighted by Crippen LogP contribution is 2.56. The SMILES string of the molecule is Cc1cc2c3c(c1)N(c1ccc4c(c1)C(C)(C)CCC4(C)C)c1c(oc4cc5c(cc14)C(C)(C)CCC5(C)C)B3c1ccc(C(C)(C)C)cc1N2c1cc2c(cc1-c1ccccc1C)C(C)(C)CCC2(C)C. The van der Waals surface area contributed by atoms with Crippen molar-refractivity contribution in [2.24, 2.45) is 0 Å². The van der Waals surface area contributed by atoms with Gasteiger partial charge in [-0.05, 0) is 211 Å². The van der Waals surface area contributed by atoms with Gasteiger partial charge in [-0.3, -0.25) is 0 Å². The quantitative estimate of drug-likeness (QED) is 0.165. The molecule has 0 saturated carbocycles. The van der Waals surface area contributed by atoms with Crippen molar-refractivity contribution in [3.8, 4) is 11.1 Å². The lowest BCUT2D eigenvalue weighted by molar-refractivity contribution is 0.332. The van der Waals surface area contributed by atoms with Crippen LogP contribution in [-0.2, 0) is 37.9 Å². The third-order valence-corrected chi connectivity index (χ3v) is 19.4. The number of hydrogen-bond donors (Lipinski definition) is 0. The van der Waals surface area contributed by atoms with Crippen molar-refractivity contribution < 1.29 is 4.42 Å². The molecule has 0 fully saturated rings. The van der Waals surface area contributed by atoms with Crippen LogP contribution in [0.4, 0.5) is 34.1 Å². The summed E-state index contributed by atoms with van der Waals surface area (Å²) in [5, 5.41) is 1.22. The fourth-order valence-electron chi connectivity index (χ4n) is 14.3. The average molecular weight is 951 g/mol. The van der Waals surface area contributed by atoms with Crippen LogP contribution in [0.3, 0.4) is 0 Å². The maximum atomic E-state index is 7.70. The topological polar surface area (TPSA) is 19.6 Å². The second-order valence-corrected chi connectivity index (χ2v) is 28.3. The smallest absolute Gasteiger partial charge is 0.297 e. The fourth-order valence-corrected chi connectivity index (χ4v) is 14.3. The summed E-state index contributed by atoms with van der Waals surface area (Å²) in [7, 11) is 0. The average Bonchev–Trinajstić information content (AvgIpc) is 3.68. The van der Waals surface area contributed by atoms with Gasteiger partial charge in [-0.25, -0.2) is 0 Å². The molecule has 0 atom stereocenters.